The molecule has 2 N–H and O–H groups in total. The third-order valence-corrected chi connectivity index (χ3v) is 2.98. The number of carbonyl (C=O) groups is 2. The highest BCUT2D eigenvalue weighted by Crippen LogP contribution is 2.22. The molecule has 23 heavy (non-hydrogen) atoms. The van der Waals surface area contributed by atoms with Crippen LogP contribution in [0.2, 0.25) is 0 Å². The number of rotatable bonds is 5. The summed E-state index contributed by atoms with van der Waals surface area (Å²) in [7, 11) is 0. The topological polar surface area (TPSA) is 67.4 Å². The summed E-state index contributed by atoms with van der Waals surface area (Å²) in [4.78, 5) is 23.9. The third kappa shape index (κ3) is 4.81. The summed E-state index contributed by atoms with van der Waals surface area (Å²) in [5.74, 6) is -0.682. The van der Waals surface area contributed by atoms with Gasteiger partial charge in [-0.2, -0.15) is 0 Å². The molecule has 0 saturated heterocycles. The molecule has 2 rings (SSSR count). The fourth-order valence-corrected chi connectivity index (χ4v) is 1.93. The van der Waals surface area contributed by atoms with Gasteiger partial charge in [0.1, 0.15) is 11.6 Å². The highest BCUT2D eigenvalue weighted by molar-refractivity contribution is 5.97. The van der Waals surface area contributed by atoms with Crippen molar-refractivity contribution in [2.24, 2.45) is 0 Å². The van der Waals surface area contributed by atoms with Crippen LogP contribution in [0, 0.1) is 5.82 Å². The number of hydrogen-bond donors (Lipinski definition) is 2. The zero-order valence-corrected chi connectivity index (χ0v) is 12.6. The first-order chi connectivity index (χ1) is 11.1. The summed E-state index contributed by atoms with van der Waals surface area (Å²) in [5, 5.41) is 4.70. The number of imide groups is 1. The number of hydrogen-bond acceptors (Lipinski definition) is 3. The van der Waals surface area contributed by atoms with E-state index in [1.54, 1.807) is 37.3 Å². The van der Waals surface area contributed by atoms with Crippen molar-refractivity contribution in [3.8, 4) is 5.75 Å². The van der Waals surface area contributed by atoms with Crippen LogP contribution >= 0.6 is 0 Å². The van der Waals surface area contributed by atoms with E-state index >= 15 is 0 Å². The Balaban J connectivity index is 2.20. The van der Waals surface area contributed by atoms with E-state index in [4.69, 9.17) is 4.74 Å². The van der Waals surface area contributed by atoms with Crippen molar-refractivity contribution in [3.63, 3.8) is 0 Å². The first kappa shape index (κ1) is 16.5. The molecule has 5 nitrogen and oxygen atoms in total. The van der Waals surface area contributed by atoms with Crippen LogP contribution in [0.25, 0.3) is 0 Å². The van der Waals surface area contributed by atoms with Crippen molar-refractivity contribution < 1.29 is 18.7 Å². The maximum Gasteiger partial charge on any atom is 0.321 e. The van der Waals surface area contributed by atoms with Gasteiger partial charge in [-0.25, -0.2) is 9.18 Å². The number of amides is 3. The molecule has 0 aliphatic carbocycles. The third-order valence-electron chi connectivity index (χ3n) is 2.98. The largest absolute Gasteiger partial charge is 0.476 e. The summed E-state index contributed by atoms with van der Waals surface area (Å²) >= 11 is 0. The van der Waals surface area contributed by atoms with Gasteiger partial charge in [0.2, 0.25) is 6.10 Å². The first-order valence-corrected chi connectivity index (χ1v) is 7.16. The van der Waals surface area contributed by atoms with Crippen LogP contribution in [0.1, 0.15) is 18.6 Å². The van der Waals surface area contributed by atoms with Crippen molar-refractivity contribution >= 4 is 11.9 Å². The van der Waals surface area contributed by atoms with Crippen LogP contribution in [0.5, 0.6) is 5.75 Å². The molecule has 2 aromatic carbocycles. The van der Waals surface area contributed by atoms with Gasteiger partial charge in [0.15, 0.2) is 0 Å². The molecule has 0 radical (unpaired) electrons. The van der Waals surface area contributed by atoms with Gasteiger partial charge in [-0.05, 0) is 31.2 Å². The number of halogens is 1. The van der Waals surface area contributed by atoms with E-state index in [0.717, 1.165) is 0 Å². The molecular formula is C17H17FN2O3. The Morgan fingerprint density at radius 3 is 2.35 bits per heavy atom. The number of benzene rings is 2. The maximum absolute atomic E-state index is 13.0. The number of nitrogens with one attached hydrogen (secondary N) is 2. The molecule has 0 fully saturated rings. The molecule has 0 saturated carbocycles. The lowest BCUT2D eigenvalue weighted by Gasteiger charge is -2.18. The molecule has 2 aromatic rings. The molecule has 0 bridgehead atoms. The van der Waals surface area contributed by atoms with E-state index in [1.807, 2.05) is 0 Å². The van der Waals surface area contributed by atoms with Crippen LogP contribution in [0.15, 0.2) is 54.6 Å². The van der Waals surface area contributed by atoms with Crippen molar-refractivity contribution in [1.29, 1.82) is 0 Å². The zero-order valence-electron chi connectivity index (χ0n) is 12.6. The molecule has 3 amide bonds. The highest BCUT2D eigenvalue weighted by Gasteiger charge is 2.24. The van der Waals surface area contributed by atoms with E-state index in [9.17, 15) is 14.0 Å². The van der Waals surface area contributed by atoms with Crippen molar-refractivity contribution in [2.75, 3.05) is 6.54 Å². The van der Waals surface area contributed by atoms with Gasteiger partial charge in [0.25, 0.3) is 5.91 Å². The smallest absolute Gasteiger partial charge is 0.321 e. The molecule has 120 valence electrons. The molecule has 0 unspecified atom stereocenters. The maximum atomic E-state index is 13.0. The summed E-state index contributed by atoms with van der Waals surface area (Å²) < 4.78 is 18.6. The van der Waals surface area contributed by atoms with Crippen LogP contribution in [-0.2, 0) is 4.79 Å². The second kappa shape index (κ2) is 7.93. The van der Waals surface area contributed by atoms with Gasteiger partial charge < -0.3 is 10.1 Å². The second-order valence-corrected chi connectivity index (χ2v) is 4.71. The summed E-state index contributed by atoms with van der Waals surface area (Å²) in [5.41, 5.74) is 0.582. The standard InChI is InChI=1S/C17H17FN2O3/c1-2-19-17(22)20-16(21)15(12-6-4-3-5-7-12)23-14-10-8-13(18)9-11-14/h3-11,15H,2H2,1H3,(H2,19,20,21,22)/t15-/m0/s1. The lowest BCUT2D eigenvalue weighted by Crippen LogP contribution is -2.42. The molecule has 0 heterocycles. The molecule has 1 atom stereocenters. The van der Waals surface area contributed by atoms with Gasteiger partial charge in [-0.3, -0.25) is 10.1 Å². The Hall–Kier alpha value is -2.89. The van der Waals surface area contributed by atoms with Crippen molar-refractivity contribution in [3.05, 3.63) is 66.0 Å². The van der Waals surface area contributed by atoms with Gasteiger partial charge in [-0.15, -0.1) is 0 Å². The number of urea groups is 1. The van der Waals surface area contributed by atoms with E-state index in [-0.39, 0.29) is 0 Å². The minimum atomic E-state index is -1.02. The number of carbonyl (C=O) groups excluding carboxylic acids is 2. The minimum absolute atomic E-state index is 0.325. The van der Waals surface area contributed by atoms with Gasteiger partial charge >= 0.3 is 6.03 Å². The fraction of sp³-hybridized carbons (Fsp3) is 0.176. The first-order valence-electron chi connectivity index (χ1n) is 7.16. The predicted octanol–water partition coefficient (Wildman–Crippen LogP) is 2.79. The van der Waals surface area contributed by atoms with Crippen LogP contribution in [0.4, 0.5) is 9.18 Å². The Labute approximate surface area is 133 Å². The average Bonchev–Trinajstić information content (AvgIpc) is 2.55. The van der Waals surface area contributed by atoms with E-state index in [2.05, 4.69) is 10.6 Å². The Morgan fingerprint density at radius 2 is 1.74 bits per heavy atom. The Bertz CT molecular complexity index is 659. The van der Waals surface area contributed by atoms with E-state index in [1.165, 1.54) is 24.3 Å². The lowest BCUT2D eigenvalue weighted by molar-refractivity contribution is -0.127. The Kier molecular flexibility index (Phi) is 5.68. The molecular weight excluding hydrogens is 299 g/mol. The number of ether oxygens (including phenoxy) is 1. The van der Waals surface area contributed by atoms with Crippen LogP contribution in [0.3, 0.4) is 0 Å². The van der Waals surface area contributed by atoms with E-state index < -0.39 is 23.9 Å². The second-order valence-electron chi connectivity index (χ2n) is 4.71. The Morgan fingerprint density at radius 1 is 1.09 bits per heavy atom. The minimum Gasteiger partial charge on any atom is -0.476 e. The van der Waals surface area contributed by atoms with Gasteiger partial charge in [-0.1, -0.05) is 30.3 Å². The van der Waals surface area contributed by atoms with Gasteiger partial charge in [0.05, 0.1) is 0 Å². The molecule has 0 spiro atoms. The fourth-order valence-electron chi connectivity index (χ4n) is 1.93. The van der Waals surface area contributed by atoms with E-state index in [0.29, 0.717) is 17.9 Å². The zero-order chi connectivity index (χ0) is 16.7. The molecule has 0 aliphatic rings. The highest BCUT2D eigenvalue weighted by atomic mass is 19.1. The summed E-state index contributed by atoms with van der Waals surface area (Å²) in [6.45, 7) is 2.14. The van der Waals surface area contributed by atoms with Gasteiger partial charge in [0, 0.05) is 12.1 Å². The van der Waals surface area contributed by atoms with Crippen molar-refractivity contribution in [1.82, 2.24) is 10.6 Å². The quantitative estimate of drug-likeness (QED) is 0.891. The van der Waals surface area contributed by atoms with Crippen LogP contribution in [-0.4, -0.2) is 18.5 Å². The summed E-state index contributed by atoms with van der Waals surface area (Å²) in [6, 6.07) is 13.5. The summed E-state index contributed by atoms with van der Waals surface area (Å²) in [6.07, 6.45) is -1.02. The lowest BCUT2D eigenvalue weighted by atomic mass is 10.1. The molecule has 6 heteroatoms. The average molecular weight is 316 g/mol. The van der Waals surface area contributed by atoms with Crippen molar-refractivity contribution in [2.45, 2.75) is 13.0 Å². The molecule has 0 aromatic heterocycles. The SMILES string of the molecule is CCNC(=O)NC(=O)[C@@H](Oc1ccc(F)cc1)c1ccccc1. The molecule has 0 aliphatic heterocycles. The monoisotopic (exact) mass is 316 g/mol. The normalized spacial score (nSPS) is 11.4. The van der Waals surface area contributed by atoms with Crippen LogP contribution < -0.4 is 15.4 Å². The predicted molar refractivity (Wildman–Crippen MR) is 83.4 cm³/mol.